The minimum atomic E-state index is -4.40. The molecule has 0 amide bonds. The van der Waals surface area contributed by atoms with Gasteiger partial charge in [0.2, 0.25) is 0 Å². The van der Waals surface area contributed by atoms with E-state index < -0.39 is 16.0 Å². The fraction of sp³-hybridized carbons (Fsp3) is 1.00. The summed E-state index contributed by atoms with van der Waals surface area (Å²) in [6, 6.07) is 0. The zero-order valence-electron chi connectivity index (χ0n) is 7.67. The molecule has 0 aliphatic heterocycles. The number of nitrogens with two attached hydrogens (primary N) is 1. The van der Waals surface area contributed by atoms with Gasteiger partial charge in [-0.05, 0) is 17.9 Å². The summed E-state index contributed by atoms with van der Waals surface area (Å²) in [5.74, 6) is -0.806. The first-order valence-corrected chi connectivity index (χ1v) is 5.34. The summed E-state index contributed by atoms with van der Waals surface area (Å²) in [7, 11) is -4.40. The Hall–Kier alpha value is -0.160. The molecule has 0 radical (unpaired) electrons. The first-order chi connectivity index (χ1) is 5.17. The highest BCUT2D eigenvalue weighted by molar-refractivity contribution is 7.86. The van der Waals surface area contributed by atoms with Crippen LogP contribution in [-0.4, -0.2) is 20.7 Å². The number of hydrogen-bond acceptors (Lipinski definition) is 3. The van der Waals surface area contributed by atoms with Gasteiger partial charge in [0.05, 0.1) is 5.75 Å². The highest BCUT2D eigenvalue weighted by atomic mass is 32.3. The summed E-state index contributed by atoms with van der Waals surface area (Å²) in [5.41, 5.74) is 5.07. The maximum absolute atomic E-state index is 12.3. The minimum Gasteiger partial charge on any atom is -0.330 e. The topological polar surface area (TPSA) is 60.2 Å². The van der Waals surface area contributed by atoms with Gasteiger partial charge < -0.3 is 5.73 Å². The van der Waals surface area contributed by atoms with Gasteiger partial charge in [0.1, 0.15) is 0 Å². The van der Waals surface area contributed by atoms with Crippen LogP contribution in [0.2, 0.25) is 0 Å². The van der Waals surface area contributed by atoms with E-state index in [1.54, 1.807) is 0 Å². The lowest BCUT2D eigenvalue weighted by atomic mass is 9.82. The van der Waals surface area contributed by atoms with E-state index in [1.807, 2.05) is 20.8 Å². The normalized spacial score (nSPS) is 16.1. The zero-order valence-corrected chi connectivity index (χ0v) is 8.49. The van der Waals surface area contributed by atoms with Crippen LogP contribution in [0.5, 0.6) is 0 Å². The van der Waals surface area contributed by atoms with Crippen molar-refractivity contribution in [1.82, 2.24) is 0 Å². The second-order valence-electron chi connectivity index (χ2n) is 4.00. The van der Waals surface area contributed by atoms with Crippen molar-refractivity contribution < 1.29 is 12.3 Å². The average molecular weight is 197 g/mol. The van der Waals surface area contributed by atoms with Gasteiger partial charge in [-0.25, -0.2) is 0 Å². The smallest absolute Gasteiger partial charge is 0.302 e. The van der Waals surface area contributed by atoms with E-state index >= 15 is 0 Å². The van der Waals surface area contributed by atoms with Gasteiger partial charge in [-0.3, -0.25) is 0 Å². The van der Waals surface area contributed by atoms with Crippen LogP contribution in [0.25, 0.3) is 0 Å². The van der Waals surface area contributed by atoms with Crippen LogP contribution in [0.4, 0.5) is 3.89 Å². The monoisotopic (exact) mass is 197 g/mol. The SMILES string of the molecule is CC(C)(C)C(CN)CS(=O)(=O)F. The van der Waals surface area contributed by atoms with Crippen LogP contribution < -0.4 is 5.73 Å². The molecular weight excluding hydrogens is 181 g/mol. The molecule has 74 valence electrons. The Morgan fingerprint density at radius 3 is 1.92 bits per heavy atom. The third kappa shape index (κ3) is 4.66. The molecule has 0 bridgehead atoms. The third-order valence-electron chi connectivity index (χ3n) is 1.91. The largest absolute Gasteiger partial charge is 0.330 e. The fourth-order valence-corrected chi connectivity index (χ4v) is 2.03. The van der Waals surface area contributed by atoms with E-state index in [9.17, 15) is 12.3 Å². The van der Waals surface area contributed by atoms with Crippen molar-refractivity contribution in [3.05, 3.63) is 0 Å². The second kappa shape index (κ2) is 3.70. The molecule has 3 nitrogen and oxygen atoms in total. The molecule has 0 heterocycles. The van der Waals surface area contributed by atoms with Crippen LogP contribution in [-0.2, 0) is 10.2 Å². The molecule has 12 heavy (non-hydrogen) atoms. The summed E-state index contributed by atoms with van der Waals surface area (Å²) in [6.45, 7) is 5.72. The highest BCUT2D eigenvalue weighted by Crippen LogP contribution is 2.26. The van der Waals surface area contributed by atoms with Crippen molar-refractivity contribution in [2.75, 3.05) is 12.3 Å². The Morgan fingerprint density at radius 2 is 1.83 bits per heavy atom. The Labute approximate surface area is 73.4 Å². The average Bonchev–Trinajstić information content (AvgIpc) is 1.78. The number of halogens is 1. The molecule has 1 atom stereocenters. The van der Waals surface area contributed by atoms with Gasteiger partial charge in [-0.1, -0.05) is 20.8 Å². The van der Waals surface area contributed by atoms with Crippen molar-refractivity contribution in [2.24, 2.45) is 17.1 Å². The molecule has 0 saturated heterocycles. The maximum Gasteiger partial charge on any atom is 0.302 e. The minimum absolute atomic E-state index is 0.187. The molecule has 0 rings (SSSR count). The van der Waals surface area contributed by atoms with Crippen molar-refractivity contribution in [2.45, 2.75) is 20.8 Å². The Morgan fingerprint density at radius 1 is 1.42 bits per heavy atom. The number of rotatable bonds is 3. The first-order valence-electron chi connectivity index (χ1n) is 3.79. The molecule has 1 unspecified atom stereocenters. The van der Waals surface area contributed by atoms with E-state index in [0.29, 0.717) is 0 Å². The van der Waals surface area contributed by atoms with Crippen LogP contribution >= 0.6 is 0 Å². The second-order valence-corrected chi connectivity index (χ2v) is 5.42. The van der Waals surface area contributed by atoms with Crippen LogP contribution in [0.15, 0.2) is 0 Å². The predicted molar refractivity (Wildman–Crippen MR) is 46.9 cm³/mol. The Kier molecular flexibility index (Phi) is 3.65. The van der Waals surface area contributed by atoms with E-state index in [-0.39, 0.29) is 17.9 Å². The van der Waals surface area contributed by atoms with Gasteiger partial charge in [-0.2, -0.15) is 8.42 Å². The molecule has 0 aromatic rings. The van der Waals surface area contributed by atoms with E-state index in [2.05, 4.69) is 0 Å². The molecule has 0 fully saturated rings. The molecule has 0 aromatic carbocycles. The molecule has 0 aliphatic rings. The third-order valence-corrected chi connectivity index (χ3v) is 2.71. The summed E-state index contributed by atoms with van der Waals surface area (Å²) in [4.78, 5) is 0. The maximum atomic E-state index is 12.3. The summed E-state index contributed by atoms with van der Waals surface area (Å²) in [5, 5.41) is 0. The van der Waals surface area contributed by atoms with Gasteiger partial charge in [-0.15, -0.1) is 3.89 Å². The van der Waals surface area contributed by atoms with Gasteiger partial charge >= 0.3 is 10.2 Å². The molecule has 0 spiro atoms. The summed E-state index contributed by atoms with van der Waals surface area (Å²) in [6.07, 6.45) is 0. The lowest BCUT2D eigenvalue weighted by molar-refractivity contribution is 0.269. The van der Waals surface area contributed by atoms with Crippen LogP contribution in [0.3, 0.4) is 0 Å². The van der Waals surface area contributed by atoms with Crippen LogP contribution in [0.1, 0.15) is 20.8 Å². The molecule has 0 aromatic heterocycles. The Balaban J connectivity index is 4.41. The summed E-state index contributed by atoms with van der Waals surface area (Å²) < 4.78 is 32.9. The quantitative estimate of drug-likeness (QED) is 0.684. The lowest BCUT2D eigenvalue weighted by Crippen LogP contribution is -2.33. The molecule has 5 heteroatoms. The fourth-order valence-electron chi connectivity index (χ4n) is 0.912. The number of hydrogen-bond donors (Lipinski definition) is 1. The Bertz CT molecular complexity index is 230. The first kappa shape index (κ1) is 11.8. The zero-order chi connectivity index (χ0) is 9.99. The molecule has 0 aliphatic carbocycles. The molecular formula is C7H16FNO2S. The van der Waals surface area contributed by atoms with Crippen molar-refractivity contribution in [1.29, 1.82) is 0 Å². The van der Waals surface area contributed by atoms with Gasteiger partial charge in [0.15, 0.2) is 0 Å². The van der Waals surface area contributed by atoms with Crippen molar-refractivity contribution >= 4 is 10.2 Å². The predicted octanol–water partition coefficient (Wildman–Crippen LogP) is 0.907. The summed E-state index contributed by atoms with van der Waals surface area (Å²) >= 11 is 0. The van der Waals surface area contributed by atoms with Crippen molar-refractivity contribution in [3.63, 3.8) is 0 Å². The van der Waals surface area contributed by atoms with Crippen molar-refractivity contribution in [3.8, 4) is 0 Å². The van der Waals surface area contributed by atoms with E-state index in [1.165, 1.54) is 0 Å². The van der Waals surface area contributed by atoms with E-state index in [4.69, 9.17) is 5.73 Å². The van der Waals surface area contributed by atoms with Gasteiger partial charge in [0.25, 0.3) is 0 Å². The van der Waals surface area contributed by atoms with Gasteiger partial charge in [0, 0.05) is 0 Å². The molecule has 2 N–H and O–H groups in total. The van der Waals surface area contributed by atoms with E-state index in [0.717, 1.165) is 0 Å². The standard InChI is InChI=1S/C7H16FNO2S/c1-7(2,3)6(4-9)5-12(8,10)11/h6H,4-5,9H2,1-3H3. The molecule has 0 saturated carbocycles. The lowest BCUT2D eigenvalue weighted by Gasteiger charge is -2.27. The van der Waals surface area contributed by atoms with Crippen LogP contribution in [0, 0.1) is 11.3 Å². The highest BCUT2D eigenvalue weighted by Gasteiger charge is 2.28.